The molecule has 0 spiro atoms. The quantitative estimate of drug-likeness (QED) is 0.899. The van der Waals surface area contributed by atoms with Crippen LogP contribution in [0, 0.1) is 0 Å². The van der Waals surface area contributed by atoms with Crippen LogP contribution in [0.4, 0.5) is 5.82 Å². The summed E-state index contributed by atoms with van der Waals surface area (Å²) in [7, 11) is 2.96. The van der Waals surface area contributed by atoms with Crippen LogP contribution in [-0.4, -0.2) is 35.0 Å². The Morgan fingerprint density at radius 3 is 2.46 bits per heavy atom. The molecule has 1 aliphatic rings. The smallest absolute Gasteiger partial charge is 0.226 e. The molecule has 1 aromatic carbocycles. The Morgan fingerprint density at radius 2 is 1.92 bits per heavy atom. The van der Waals surface area contributed by atoms with Crippen molar-refractivity contribution in [2.24, 2.45) is 0 Å². The molecule has 24 heavy (non-hydrogen) atoms. The highest BCUT2D eigenvalue weighted by Crippen LogP contribution is 2.44. The lowest BCUT2D eigenvalue weighted by Crippen LogP contribution is -2.25. The number of nitrogens with zero attached hydrogens (tertiary/aromatic N) is 2. The van der Waals surface area contributed by atoms with Crippen molar-refractivity contribution in [3.8, 4) is 17.2 Å². The molecule has 1 aliphatic heterocycles. The highest BCUT2D eigenvalue weighted by atomic mass is 16.5. The van der Waals surface area contributed by atoms with Gasteiger partial charge in [-0.15, -0.1) is 0 Å². The maximum absolute atomic E-state index is 12.2. The number of hydrogen-bond donors (Lipinski definition) is 2. The topological polar surface area (TPSA) is 85.6 Å². The average molecular weight is 331 g/mol. The van der Waals surface area contributed by atoms with E-state index in [1.165, 1.54) is 14.2 Å². The van der Waals surface area contributed by atoms with E-state index in [1.807, 2.05) is 13.8 Å². The number of carbonyl (C=O) groups excluding carboxylic acids is 1. The van der Waals surface area contributed by atoms with Crippen LogP contribution < -0.4 is 14.8 Å². The second kappa shape index (κ2) is 6.07. The Labute approximate surface area is 140 Å². The average Bonchev–Trinajstić information content (AvgIpc) is 2.98. The number of aromatic nitrogens is 2. The number of carbonyl (C=O) groups is 1. The van der Waals surface area contributed by atoms with E-state index < -0.39 is 0 Å². The summed E-state index contributed by atoms with van der Waals surface area (Å²) >= 11 is 0. The van der Waals surface area contributed by atoms with Gasteiger partial charge >= 0.3 is 0 Å². The third-order valence-electron chi connectivity index (χ3n) is 4.24. The number of ether oxygens (including phenoxy) is 2. The van der Waals surface area contributed by atoms with E-state index in [0.29, 0.717) is 17.9 Å². The lowest BCUT2D eigenvalue weighted by molar-refractivity contribution is -0.116. The SMILES string of the molecule is COc1cc([C@@H]2CC(=O)Nc3c2cnn3C(C)C)cc(OC)c1O. The molecule has 0 bridgehead atoms. The van der Waals surface area contributed by atoms with Crippen molar-refractivity contribution < 1.29 is 19.4 Å². The zero-order valence-electron chi connectivity index (χ0n) is 14.2. The summed E-state index contributed by atoms with van der Waals surface area (Å²) in [5.41, 5.74) is 1.78. The van der Waals surface area contributed by atoms with Gasteiger partial charge in [0, 0.05) is 23.9 Å². The number of anilines is 1. The number of nitrogens with one attached hydrogen (secondary N) is 1. The minimum absolute atomic E-state index is 0.0536. The van der Waals surface area contributed by atoms with Crippen LogP contribution in [0.1, 0.15) is 43.4 Å². The fourth-order valence-corrected chi connectivity index (χ4v) is 3.04. The van der Waals surface area contributed by atoms with E-state index in [9.17, 15) is 9.90 Å². The van der Waals surface area contributed by atoms with Gasteiger partial charge in [-0.05, 0) is 31.5 Å². The molecular weight excluding hydrogens is 310 g/mol. The van der Waals surface area contributed by atoms with Gasteiger partial charge in [-0.2, -0.15) is 5.10 Å². The molecule has 1 amide bonds. The van der Waals surface area contributed by atoms with Crippen molar-refractivity contribution in [3.63, 3.8) is 0 Å². The van der Waals surface area contributed by atoms with Crippen LogP contribution >= 0.6 is 0 Å². The molecule has 0 radical (unpaired) electrons. The highest BCUT2D eigenvalue weighted by molar-refractivity contribution is 5.94. The van der Waals surface area contributed by atoms with E-state index in [0.717, 1.165) is 16.9 Å². The fourth-order valence-electron chi connectivity index (χ4n) is 3.04. The summed E-state index contributed by atoms with van der Waals surface area (Å²) in [5.74, 6) is 1.05. The summed E-state index contributed by atoms with van der Waals surface area (Å²) in [5, 5.41) is 17.4. The van der Waals surface area contributed by atoms with Gasteiger partial charge in [-0.1, -0.05) is 0 Å². The van der Waals surface area contributed by atoms with E-state index >= 15 is 0 Å². The van der Waals surface area contributed by atoms with E-state index in [1.54, 1.807) is 23.0 Å². The standard InChI is InChI=1S/C17H21N3O4/c1-9(2)20-17-12(8-18-20)11(7-15(21)19-17)10-5-13(23-3)16(22)14(6-10)24-4/h5-6,8-9,11,22H,7H2,1-4H3,(H,19,21)/t11-/m0/s1. The second-order valence-corrected chi connectivity index (χ2v) is 6.07. The van der Waals surface area contributed by atoms with Crippen LogP contribution in [0.25, 0.3) is 0 Å². The molecule has 2 heterocycles. The Hall–Kier alpha value is -2.70. The number of phenolic OH excluding ortho intramolecular Hbond substituents is 1. The minimum Gasteiger partial charge on any atom is -0.502 e. The maximum Gasteiger partial charge on any atom is 0.226 e. The summed E-state index contributed by atoms with van der Waals surface area (Å²) < 4.78 is 12.3. The third kappa shape index (κ3) is 2.55. The number of fused-ring (bicyclic) bond motifs is 1. The zero-order chi connectivity index (χ0) is 17.4. The van der Waals surface area contributed by atoms with Crippen LogP contribution in [0.15, 0.2) is 18.3 Å². The Bertz CT molecular complexity index is 757. The van der Waals surface area contributed by atoms with Crippen molar-refractivity contribution in [1.82, 2.24) is 9.78 Å². The highest BCUT2D eigenvalue weighted by Gasteiger charge is 2.31. The number of benzene rings is 1. The van der Waals surface area contributed by atoms with Gasteiger partial charge in [0.25, 0.3) is 0 Å². The number of rotatable bonds is 4. The Morgan fingerprint density at radius 1 is 1.29 bits per heavy atom. The summed E-state index contributed by atoms with van der Waals surface area (Å²) in [4.78, 5) is 12.2. The monoisotopic (exact) mass is 331 g/mol. The first-order valence-corrected chi connectivity index (χ1v) is 7.78. The number of methoxy groups -OCH3 is 2. The predicted octanol–water partition coefficient (Wildman–Crippen LogP) is 2.66. The molecule has 2 N–H and O–H groups in total. The normalized spacial score (nSPS) is 16.7. The molecule has 0 aliphatic carbocycles. The predicted molar refractivity (Wildman–Crippen MR) is 88.9 cm³/mol. The molecular formula is C17H21N3O4. The van der Waals surface area contributed by atoms with E-state index in [4.69, 9.17) is 9.47 Å². The summed E-state index contributed by atoms with van der Waals surface area (Å²) in [6, 6.07) is 3.60. The fraction of sp³-hybridized carbons (Fsp3) is 0.412. The molecule has 7 heteroatoms. The van der Waals surface area contributed by atoms with Gasteiger partial charge in [-0.3, -0.25) is 4.79 Å². The van der Waals surface area contributed by atoms with Gasteiger partial charge < -0.3 is 19.9 Å². The molecule has 1 aromatic heterocycles. The van der Waals surface area contributed by atoms with E-state index in [-0.39, 0.29) is 23.6 Å². The van der Waals surface area contributed by atoms with Crippen molar-refractivity contribution >= 4 is 11.7 Å². The molecule has 3 rings (SSSR count). The Balaban J connectivity index is 2.13. The first-order valence-electron chi connectivity index (χ1n) is 7.78. The molecule has 7 nitrogen and oxygen atoms in total. The number of hydrogen-bond acceptors (Lipinski definition) is 5. The first-order chi connectivity index (χ1) is 11.5. The molecule has 128 valence electrons. The summed E-state index contributed by atoms with van der Waals surface area (Å²) in [6.07, 6.45) is 2.08. The molecule has 0 unspecified atom stereocenters. The maximum atomic E-state index is 12.2. The van der Waals surface area contributed by atoms with Gasteiger partial charge in [0.05, 0.1) is 20.4 Å². The molecule has 1 atom stereocenters. The van der Waals surface area contributed by atoms with Gasteiger partial charge in [0.2, 0.25) is 11.7 Å². The minimum atomic E-state index is -0.176. The van der Waals surface area contributed by atoms with Crippen LogP contribution in [0.3, 0.4) is 0 Å². The molecule has 0 saturated carbocycles. The van der Waals surface area contributed by atoms with Crippen LogP contribution in [-0.2, 0) is 4.79 Å². The molecule has 2 aromatic rings. The third-order valence-corrected chi connectivity index (χ3v) is 4.24. The van der Waals surface area contributed by atoms with Crippen molar-refractivity contribution in [2.75, 3.05) is 19.5 Å². The first kappa shape index (κ1) is 16.2. The van der Waals surface area contributed by atoms with Gasteiger partial charge in [0.15, 0.2) is 11.5 Å². The van der Waals surface area contributed by atoms with Crippen molar-refractivity contribution in [3.05, 3.63) is 29.5 Å². The number of phenols is 1. The lowest BCUT2D eigenvalue weighted by atomic mass is 9.87. The lowest BCUT2D eigenvalue weighted by Gasteiger charge is -2.25. The number of aromatic hydroxyl groups is 1. The summed E-state index contributed by atoms with van der Waals surface area (Å²) in [6.45, 7) is 4.02. The van der Waals surface area contributed by atoms with Gasteiger partial charge in [-0.25, -0.2) is 4.68 Å². The second-order valence-electron chi connectivity index (χ2n) is 6.07. The van der Waals surface area contributed by atoms with Gasteiger partial charge in [0.1, 0.15) is 5.82 Å². The largest absolute Gasteiger partial charge is 0.502 e. The van der Waals surface area contributed by atoms with Crippen LogP contribution in [0.5, 0.6) is 17.2 Å². The van der Waals surface area contributed by atoms with Crippen molar-refractivity contribution in [1.29, 1.82) is 0 Å². The molecule has 0 saturated heterocycles. The van der Waals surface area contributed by atoms with Crippen molar-refractivity contribution in [2.45, 2.75) is 32.2 Å². The Kier molecular flexibility index (Phi) is 4.09. The number of amides is 1. The molecule has 0 fully saturated rings. The van der Waals surface area contributed by atoms with Crippen LogP contribution in [0.2, 0.25) is 0 Å². The zero-order valence-corrected chi connectivity index (χ0v) is 14.2. The van der Waals surface area contributed by atoms with E-state index in [2.05, 4.69) is 10.4 Å².